The molecule has 2 aliphatic rings. The van der Waals surface area contributed by atoms with Crippen molar-refractivity contribution >= 4 is 0 Å². The third-order valence-corrected chi connectivity index (χ3v) is 4.90. The maximum absolute atomic E-state index is 3.43. The molecule has 0 aromatic carbocycles. The Balaban J connectivity index is 1.68. The topological polar surface area (TPSA) is 21.8 Å². The van der Waals surface area contributed by atoms with E-state index in [1.807, 2.05) is 0 Å². The molecule has 0 radical (unpaired) electrons. The standard InChI is InChI=1S/C15H32N4/c1-14(19-11-7-16-8-12-19)6-10-18(3)15-5-4-9-17(2)13-15/h14-16H,4-13H2,1-3H3. The van der Waals surface area contributed by atoms with Gasteiger partial charge < -0.3 is 15.1 Å². The molecule has 4 heteroatoms. The monoisotopic (exact) mass is 268 g/mol. The van der Waals surface area contributed by atoms with Gasteiger partial charge in [0.15, 0.2) is 0 Å². The maximum atomic E-state index is 3.43. The largest absolute Gasteiger partial charge is 0.314 e. The summed E-state index contributed by atoms with van der Waals surface area (Å²) in [6.45, 7) is 10.9. The molecule has 2 unspecified atom stereocenters. The predicted octanol–water partition coefficient (Wildman–Crippen LogP) is 0.696. The third kappa shape index (κ3) is 4.71. The van der Waals surface area contributed by atoms with E-state index in [0.29, 0.717) is 0 Å². The number of rotatable bonds is 5. The molecule has 0 aliphatic carbocycles. The van der Waals surface area contributed by atoms with Crippen LogP contribution in [0.25, 0.3) is 0 Å². The Morgan fingerprint density at radius 2 is 2.00 bits per heavy atom. The normalized spacial score (nSPS) is 28.7. The number of piperidine rings is 1. The van der Waals surface area contributed by atoms with Gasteiger partial charge in [0.25, 0.3) is 0 Å². The lowest BCUT2D eigenvalue weighted by molar-refractivity contribution is 0.114. The van der Waals surface area contributed by atoms with Gasteiger partial charge in [0, 0.05) is 44.8 Å². The highest BCUT2D eigenvalue weighted by molar-refractivity contribution is 4.79. The van der Waals surface area contributed by atoms with E-state index in [0.717, 1.165) is 25.2 Å². The second-order valence-corrected chi connectivity index (χ2v) is 6.46. The highest BCUT2D eigenvalue weighted by atomic mass is 15.2. The summed E-state index contributed by atoms with van der Waals surface area (Å²) >= 11 is 0. The van der Waals surface area contributed by atoms with Crippen molar-refractivity contribution in [3.63, 3.8) is 0 Å². The minimum atomic E-state index is 0.728. The Morgan fingerprint density at radius 3 is 2.68 bits per heavy atom. The molecule has 2 aliphatic heterocycles. The molecule has 19 heavy (non-hydrogen) atoms. The molecule has 0 amide bonds. The number of nitrogens with one attached hydrogen (secondary N) is 1. The minimum Gasteiger partial charge on any atom is -0.314 e. The van der Waals surface area contributed by atoms with Gasteiger partial charge in [-0.15, -0.1) is 0 Å². The summed E-state index contributed by atoms with van der Waals surface area (Å²) in [7, 11) is 4.57. The van der Waals surface area contributed by atoms with Crippen molar-refractivity contribution in [2.75, 3.05) is 59.9 Å². The molecule has 2 atom stereocenters. The molecular weight excluding hydrogens is 236 g/mol. The first-order chi connectivity index (χ1) is 9.16. The van der Waals surface area contributed by atoms with Crippen molar-refractivity contribution in [3.05, 3.63) is 0 Å². The summed E-state index contributed by atoms with van der Waals surface area (Å²) in [5.41, 5.74) is 0. The Morgan fingerprint density at radius 1 is 1.26 bits per heavy atom. The SMILES string of the molecule is CC(CCN(C)C1CCCN(C)C1)N1CCNCC1. The number of likely N-dealkylation sites (tertiary alicyclic amines) is 1. The summed E-state index contributed by atoms with van der Waals surface area (Å²) in [6, 6.07) is 1.50. The Kier molecular flexibility index (Phi) is 6.07. The van der Waals surface area contributed by atoms with Crippen molar-refractivity contribution in [2.45, 2.75) is 38.3 Å². The fourth-order valence-electron chi connectivity index (χ4n) is 3.38. The number of hydrogen-bond donors (Lipinski definition) is 1. The molecule has 0 bridgehead atoms. The molecule has 2 fully saturated rings. The van der Waals surface area contributed by atoms with E-state index in [2.05, 4.69) is 41.0 Å². The third-order valence-electron chi connectivity index (χ3n) is 4.90. The van der Waals surface area contributed by atoms with Crippen LogP contribution in [-0.4, -0.2) is 86.7 Å². The molecule has 2 saturated heterocycles. The zero-order valence-electron chi connectivity index (χ0n) is 13.1. The second-order valence-electron chi connectivity index (χ2n) is 6.46. The van der Waals surface area contributed by atoms with Crippen LogP contribution < -0.4 is 5.32 Å². The van der Waals surface area contributed by atoms with Crippen LogP contribution in [0.1, 0.15) is 26.2 Å². The molecule has 112 valence electrons. The first kappa shape index (κ1) is 15.2. The van der Waals surface area contributed by atoms with Crippen LogP contribution in [0.5, 0.6) is 0 Å². The van der Waals surface area contributed by atoms with Crippen molar-refractivity contribution in [1.82, 2.24) is 20.0 Å². The predicted molar refractivity (Wildman–Crippen MR) is 81.7 cm³/mol. The van der Waals surface area contributed by atoms with E-state index < -0.39 is 0 Å². The van der Waals surface area contributed by atoms with Gasteiger partial charge in [-0.1, -0.05) is 0 Å². The molecule has 0 aromatic rings. The van der Waals surface area contributed by atoms with Crippen LogP contribution in [0.2, 0.25) is 0 Å². The van der Waals surface area contributed by atoms with Crippen LogP contribution in [0.15, 0.2) is 0 Å². The van der Waals surface area contributed by atoms with E-state index in [4.69, 9.17) is 0 Å². The highest BCUT2D eigenvalue weighted by Gasteiger charge is 2.22. The van der Waals surface area contributed by atoms with Gasteiger partial charge in [0.2, 0.25) is 0 Å². The summed E-state index contributed by atoms with van der Waals surface area (Å²) in [5, 5.41) is 3.43. The number of likely N-dealkylation sites (N-methyl/N-ethyl adjacent to an activating group) is 2. The summed E-state index contributed by atoms with van der Waals surface area (Å²) in [5.74, 6) is 0. The van der Waals surface area contributed by atoms with E-state index in [-0.39, 0.29) is 0 Å². The van der Waals surface area contributed by atoms with Crippen molar-refractivity contribution in [2.24, 2.45) is 0 Å². The lowest BCUT2D eigenvalue weighted by Gasteiger charge is -2.38. The molecule has 1 N–H and O–H groups in total. The molecule has 2 rings (SSSR count). The Bertz CT molecular complexity index is 253. The summed E-state index contributed by atoms with van der Waals surface area (Å²) in [4.78, 5) is 7.70. The fraction of sp³-hybridized carbons (Fsp3) is 1.00. The molecule has 0 aromatic heterocycles. The van der Waals surface area contributed by atoms with Gasteiger partial charge >= 0.3 is 0 Å². The minimum absolute atomic E-state index is 0.728. The van der Waals surface area contributed by atoms with Gasteiger partial charge in [-0.05, 0) is 53.4 Å². The van der Waals surface area contributed by atoms with E-state index in [9.17, 15) is 0 Å². The van der Waals surface area contributed by atoms with Crippen LogP contribution in [0.3, 0.4) is 0 Å². The van der Waals surface area contributed by atoms with Gasteiger partial charge in [-0.2, -0.15) is 0 Å². The first-order valence-electron chi connectivity index (χ1n) is 8.00. The molecule has 0 spiro atoms. The van der Waals surface area contributed by atoms with Crippen molar-refractivity contribution in [3.8, 4) is 0 Å². The fourth-order valence-corrected chi connectivity index (χ4v) is 3.38. The van der Waals surface area contributed by atoms with E-state index in [1.54, 1.807) is 0 Å². The lowest BCUT2D eigenvalue weighted by Crippen LogP contribution is -2.49. The van der Waals surface area contributed by atoms with Gasteiger partial charge in [-0.3, -0.25) is 4.90 Å². The average molecular weight is 268 g/mol. The van der Waals surface area contributed by atoms with Gasteiger partial charge in [0.1, 0.15) is 0 Å². The molecule has 0 saturated carbocycles. The first-order valence-corrected chi connectivity index (χ1v) is 8.00. The van der Waals surface area contributed by atoms with Crippen molar-refractivity contribution in [1.29, 1.82) is 0 Å². The average Bonchev–Trinajstić information content (AvgIpc) is 2.45. The smallest absolute Gasteiger partial charge is 0.0220 e. The Labute approximate surface area is 119 Å². The zero-order chi connectivity index (χ0) is 13.7. The molecule has 2 heterocycles. The molecular formula is C15H32N4. The van der Waals surface area contributed by atoms with Crippen LogP contribution >= 0.6 is 0 Å². The highest BCUT2D eigenvalue weighted by Crippen LogP contribution is 2.14. The number of nitrogens with zero attached hydrogens (tertiary/aromatic N) is 3. The van der Waals surface area contributed by atoms with Gasteiger partial charge in [0.05, 0.1) is 0 Å². The quantitative estimate of drug-likeness (QED) is 0.792. The van der Waals surface area contributed by atoms with Crippen LogP contribution in [0.4, 0.5) is 0 Å². The number of hydrogen-bond acceptors (Lipinski definition) is 4. The van der Waals surface area contributed by atoms with Crippen molar-refractivity contribution < 1.29 is 0 Å². The second kappa shape index (κ2) is 7.58. The molecule has 4 nitrogen and oxygen atoms in total. The van der Waals surface area contributed by atoms with E-state index in [1.165, 1.54) is 52.0 Å². The zero-order valence-corrected chi connectivity index (χ0v) is 13.1. The lowest BCUT2D eigenvalue weighted by atomic mass is 10.0. The summed E-state index contributed by atoms with van der Waals surface area (Å²) < 4.78 is 0. The maximum Gasteiger partial charge on any atom is 0.0220 e. The van der Waals surface area contributed by atoms with Crippen LogP contribution in [-0.2, 0) is 0 Å². The Hall–Kier alpha value is -0.160. The van der Waals surface area contributed by atoms with Crippen LogP contribution in [0, 0.1) is 0 Å². The number of piperazine rings is 1. The summed E-state index contributed by atoms with van der Waals surface area (Å²) in [6.07, 6.45) is 4.04. The van der Waals surface area contributed by atoms with E-state index >= 15 is 0 Å². The van der Waals surface area contributed by atoms with Gasteiger partial charge in [-0.25, -0.2) is 0 Å².